The van der Waals surface area contributed by atoms with Crippen LogP contribution in [-0.4, -0.2) is 16.7 Å². The summed E-state index contributed by atoms with van der Waals surface area (Å²) in [6.45, 7) is 2.13. The van der Waals surface area contributed by atoms with Crippen LogP contribution in [0.2, 0.25) is 0 Å². The Morgan fingerprint density at radius 1 is 0.769 bits per heavy atom. The van der Waals surface area contributed by atoms with Crippen molar-refractivity contribution < 1.29 is 0 Å². The molecule has 2 aliphatic rings. The summed E-state index contributed by atoms with van der Waals surface area (Å²) in [5.41, 5.74) is 6.36. The van der Waals surface area contributed by atoms with Gasteiger partial charge in [-0.05, 0) is 35.7 Å². The predicted octanol–water partition coefficient (Wildman–Crippen LogP) is 5.68. The number of nitrogens with zero attached hydrogens (tertiary/aromatic N) is 2. The van der Waals surface area contributed by atoms with Crippen molar-refractivity contribution in [3.63, 3.8) is 0 Å². The van der Waals surface area contributed by atoms with Crippen LogP contribution in [0.15, 0.2) is 88.3 Å². The summed E-state index contributed by atoms with van der Waals surface area (Å²) in [5, 5.41) is 0. The molecule has 2 nitrogen and oxygen atoms in total. The Hall–Kier alpha value is -2.23. The van der Waals surface area contributed by atoms with Crippen LogP contribution in [0.3, 0.4) is 0 Å². The monoisotopic (exact) mass is 402 g/mol. The molecule has 0 aliphatic carbocycles. The molecule has 4 unspecified atom stereocenters. The van der Waals surface area contributed by atoms with Gasteiger partial charge in [0.2, 0.25) is 0 Å². The smallest absolute Gasteiger partial charge is 0.129 e. The quantitative estimate of drug-likeness (QED) is 0.514. The fourth-order valence-corrected chi connectivity index (χ4v) is 4.24. The molecule has 0 bridgehead atoms. The molecule has 0 aromatic heterocycles. The van der Waals surface area contributed by atoms with E-state index in [0.29, 0.717) is 12.1 Å². The van der Waals surface area contributed by atoms with Gasteiger partial charge < -0.3 is 0 Å². The zero-order valence-corrected chi connectivity index (χ0v) is 16.1. The number of hydrogen-bond donors (Lipinski definition) is 0. The maximum Gasteiger partial charge on any atom is 0.129 e. The van der Waals surface area contributed by atoms with Gasteiger partial charge in [-0.25, -0.2) is 0 Å². The first-order chi connectivity index (χ1) is 12.7. The normalized spacial score (nSPS) is 26.3. The minimum absolute atomic E-state index is 0.0922. The number of benzene rings is 3. The maximum absolute atomic E-state index is 5.12. The highest BCUT2D eigenvalue weighted by Crippen LogP contribution is 2.55. The summed E-state index contributed by atoms with van der Waals surface area (Å²) in [4.78, 5) is 7.64. The third-order valence-corrected chi connectivity index (χ3v) is 5.86. The van der Waals surface area contributed by atoms with Gasteiger partial charge in [0.1, 0.15) is 6.17 Å². The van der Waals surface area contributed by atoms with Gasteiger partial charge in [-0.2, -0.15) is 0 Å². The molecule has 5 rings (SSSR count). The van der Waals surface area contributed by atoms with E-state index < -0.39 is 0 Å². The molecule has 0 N–H and O–H groups in total. The molecular weight excluding hydrogens is 384 g/mol. The first-order valence-corrected chi connectivity index (χ1v) is 9.74. The average Bonchev–Trinajstić information content (AvgIpc) is 3.29. The highest BCUT2D eigenvalue weighted by atomic mass is 79.9. The number of aliphatic imine (C=N–C) groups is 1. The van der Waals surface area contributed by atoms with Crippen molar-refractivity contribution in [2.45, 2.75) is 25.2 Å². The van der Waals surface area contributed by atoms with E-state index in [4.69, 9.17) is 4.99 Å². The van der Waals surface area contributed by atoms with Gasteiger partial charge in [0.25, 0.3) is 0 Å². The summed E-state index contributed by atoms with van der Waals surface area (Å²) < 4.78 is 1.10. The van der Waals surface area contributed by atoms with Crippen molar-refractivity contribution in [2.24, 2.45) is 4.99 Å². The maximum atomic E-state index is 5.12. The van der Waals surface area contributed by atoms with E-state index in [9.17, 15) is 0 Å². The van der Waals surface area contributed by atoms with Crippen LogP contribution in [0.4, 0.5) is 0 Å². The van der Waals surface area contributed by atoms with Crippen LogP contribution in [0.1, 0.15) is 34.5 Å². The van der Waals surface area contributed by atoms with E-state index in [0.717, 1.165) is 4.47 Å². The Kier molecular flexibility index (Phi) is 3.80. The van der Waals surface area contributed by atoms with E-state index in [-0.39, 0.29) is 6.17 Å². The molecule has 26 heavy (non-hydrogen) atoms. The summed E-state index contributed by atoms with van der Waals surface area (Å²) >= 11 is 3.53. The molecule has 1 fully saturated rings. The fraction of sp³-hybridized carbons (Fsp3) is 0.174. The Labute approximate surface area is 162 Å². The first kappa shape index (κ1) is 16.0. The van der Waals surface area contributed by atoms with E-state index in [1.54, 1.807) is 0 Å². The second-order valence-electron chi connectivity index (χ2n) is 7.05. The lowest BCUT2D eigenvalue weighted by Crippen LogP contribution is -2.08. The van der Waals surface area contributed by atoms with Gasteiger partial charge in [-0.15, -0.1) is 0 Å². The van der Waals surface area contributed by atoms with Gasteiger partial charge in [0.15, 0.2) is 0 Å². The zero-order valence-electron chi connectivity index (χ0n) is 14.5. The first-order valence-electron chi connectivity index (χ1n) is 8.95. The molecule has 128 valence electrons. The zero-order chi connectivity index (χ0) is 17.7. The van der Waals surface area contributed by atoms with Gasteiger partial charge in [-0.1, -0.05) is 88.2 Å². The third-order valence-electron chi connectivity index (χ3n) is 5.33. The van der Waals surface area contributed by atoms with Crippen molar-refractivity contribution >= 4 is 21.6 Å². The molecule has 1 saturated heterocycles. The molecular formula is C23H19BrN2. The highest BCUT2D eigenvalue weighted by Gasteiger charge is 2.59. The van der Waals surface area contributed by atoms with Crippen LogP contribution in [0.5, 0.6) is 0 Å². The summed E-state index contributed by atoms with van der Waals surface area (Å²) in [7, 11) is 0. The topological polar surface area (TPSA) is 15.4 Å². The Morgan fingerprint density at radius 3 is 2.15 bits per heavy atom. The minimum Gasteiger partial charge on any atom is -0.263 e. The molecule has 3 aromatic rings. The van der Waals surface area contributed by atoms with E-state index in [1.807, 2.05) is 0 Å². The standard InChI is InChI=1S/C23H19BrN2/c1-15-7-9-16(10-8-15)20-22-21(17-5-3-2-4-6-17)26(22)23(25-20)18-11-13-19(24)14-12-18/h2-14,21-23H,1H3. The van der Waals surface area contributed by atoms with Gasteiger partial charge in [0, 0.05) is 4.47 Å². The molecule has 0 amide bonds. The van der Waals surface area contributed by atoms with Crippen molar-refractivity contribution in [3.8, 4) is 0 Å². The average molecular weight is 403 g/mol. The lowest BCUT2D eigenvalue weighted by atomic mass is 10.0. The van der Waals surface area contributed by atoms with Crippen molar-refractivity contribution in [3.05, 3.63) is 106 Å². The summed E-state index contributed by atoms with van der Waals surface area (Å²) in [6, 6.07) is 28.9. The van der Waals surface area contributed by atoms with Crippen LogP contribution in [0, 0.1) is 6.92 Å². The molecule has 0 radical (unpaired) electrons. The van der Waals surface area contributed by atoms with Crippen molar-refractivity contribution in [1.29, 1.82) is 0 Å². The lowest BCUT2D eigenvalue weighted by molar-refractivity contribution is 0.404. The van der Waals surface area contributed by atoms with E-state index in [2.05, 4.69) is 107 Å². The largest absolute Gasteiger partial charge is 0.263 e. The predicted molar refractivity (Wildman–Crippen MR) is 109 cm³/mol. The Morgan fingerprint density at radius 2 is 1.46 bits per heavy atom. The second-order valence-corrected chi connectivity index (χ2v) is 7.97. The summed E-state index contributed by atoms with van der Waals surface area (Å²) in [6.07, 6.45) is 0.0922. The number of halogens is 1. The van der Waals surface area contributed by atoms with Crippen LogP contribution in [0.25, 0.3) is 0 Å². The number of aryl methyl sites for hydroxylation is 1. The molecule has 2 heterocycles. The third kappa shape index (κ3) is 2.63. The molecule has 3 aromatic carbocycles. The molecule has 3 heteroatoms. The van der Waals surface area contributed by atoms with E-state index >= 15 is 0 Å². The Bertz CT molecular complexity index is 961. The van der Waals surface area contributed by atoms with Gasteiger partial charge in [0.05, 0.1) is 17.8 Å². The minimum atomic E-state index is 0.0922. The Balaban J connectivity index is 1.56. The molecule has 0 spiro atoms. The van der Waals surface area contributed by atoms with Crippen LogP contribution in [-0.2, 0) is 0 Å². The van der Waals surface area contributed by atoms with Crippen LogP contribution >= 0.6 is 15.9 Å². The fourth-order valence-electron chi connectivity index (χ4n) is 3.97. The molecule has 2 aliphatic heterocycles. The van der Waals surface area contributed by atoms with Crippen molar-refractivity contribution in [2.75, 3.05) is 0 Å². The summed E-state index contributed by atoms with van der Waals surface area (Å²) in [5.74, 6) is 0. The molecule has 4 atom stereocenters. The SMILES string of the molecule is Cc1ccc(C2=NC(c3ccc(Br)cc3)N3C2C3c2ccccc2)cc1. The van der Waals surface area contributed by atoms with Gasteiger partial charge in [-0.3, -0.25) is 9.89 Å². The van der Waals surface area contributed by atoms with Crippen LogP contribution < -0.4 is 0 Å². The highest BCUT2D eigenvalue weighted by molar-refractivity contribution is 9.10. The van der Waals surface area contributed by atoms with Gasteiger partial charge >= 0.3 is 0 Å². The van der Waals surface area contributed by atoms with Crippen molar-refractivity contribution in [1.82, 2.24) is 4.90 Å². The van der Waals surface area contributed by atoms with E-state index in [1.165, 1.54) is 28.0 Å². The number of rotatable bonds is 3. The molecule has 0 saturated carbocycles. The number of fused-ring (bicyclic) bond motifs is 1. The lowest BCUT2D eigenvalue weighted by Gasteiger charge is -2.14. The number of hydrogen-bond acceptors (Lipinski definition) is 2. The second kappa shape index (κ2) is 6.19.